The van der Waals surface area contributed by atoms with Crippen molar-refractivity contribution < 1.29 is 9.84 Å². The molecule has 2 aromatic rings. The molecule has 0 unspecified atom stereocenters. The van der Waals surface area contributed by atoms with E-state index in [1.54, 1.807) is 0 Å². The minimum Gasteiger partial charge on any atom is -0.490 e. The Bertz CT molecular complexity index is 621. The zero-order valence-electron chi connectivity index (χ0n) is 13.5. The maximum absolute atomic E-state index is 9.39. The highest BCUT2D eigenvalue weighted by Gasteiger charge is 2.17. The van der Waals surface area contributed by atoms with E-state index in [0.29, 0.717) is 6.10 Å². The molecule has 1 aliphatic rings. The van der Waals surface area contributed by atoms with E-state index >= 15 is 0 Å². The van der Waals surface area contributed by atoms with E-state index in [9.17, 15) is 5.11 Å². The number of aliphatic hydroxyl groups excluding tert-OH is 1. The predicted molar refractivity (Wildman–Crippen MR) is 92.2 cm³/mol. The Hall–Kier alpha value is -1.84. The number of hydrogen-bond acceptors (Lipinski definition) is 3. The highest BCUT2D eigenvalue weighted by molar-refractivity contribution is 5.34. The van der Waals surface area contributed by atoms with E-state index in [1.165, 1.54) is 31.2 Å². The van der Waals surface area contributed by atoms with Gasteiger partial charge < -0.3 is 15.2 Å². The van der Waals surface area contributed by atoms with Crippen LogP contribution in [-0.2, 0) is 19.7 Å². The molecule has 1 saturated carbocycles. The number of aliphatic hydroxyl groups is 1. The van der Waals surface area contributed by atoms with Gasteiger partial charge >= 0.3 is 0 Å². The third-order valence-electron chi connectivity index (χ3n) is 4.49. The molecule has 0 heterocycles. The van der Waals surface area contributed by atoms with Crippen LogP contribution in [-0.4, -0.2) is 11.2 Å². The molecule has 0 bridgehead atoms. The molecular weight excluding hydrogens is 286 g/mol. The van der Waals surface area contributed by atoms with Gasteiger partial charge in [-0.1, -0.05) is 42.5 Å². The smallest absolute Gasteiger partial charge is 0.124 e. The van der Waals surface area contributed by atoms with Crippen molar-refractivity contribution in [2.45, 2.75) is 51.5 Å². The molecule has 0 atom stereocenters. The summed E-state index contributed by atoms with van der Waals surface area (Å²) in [5, 5.41) is 12.9. The largest absolute Gasteiger partial charge is 0.490 e. The van der Waals surface area contributed by atoms with Crippen LogP contribution in [0.3, 0.4) is 0 Å². The lowest BCUT2D eigenvalue weighted by molar-refractivity contribution is 0.207. The van der Waals surface area contributed by atoms with Gasteiger partial charge in [-0.05, 0) is 42.9 Å². The number of nitrogens with one attached hydrogen (secondary N) is 1. The summed E-state index contributed by atoms with van der Waals surface area (Å²) in [7, 11) is 0. The quantitative estimate of drug-likeness (QED) is 0.817. The molecule has 3 rings (SSSR count). The predicted octanol–water partition coefficient (Wildman–Crippen LogP) is 3.79. The number of hydrogen-bond donors (Lipinski definition) is 2. The van der Waals surface area contributed by atoms with Crippen LogP contribution in [0.25, 0.3) is 0 Å². The number of rotatable bonds is 7. The van der Waals surface area contributed by atoms with Crippen LogP contribution in [0.1, 0.15) is 42.4 Å². The molecule has 1 aliphatic carbocycles. The van der Waals surface area contributed by atoms with Gasteiger partial charge in [0.1, 0.15) is 5.75 Å². The SMILES string of the molecule is OCc1ccccc1CNCc1ccccc1OC1CCCC1. The van der Waals surface area contributed by atoms with Gasteiger partial charge in [-0.3, -0.25) is 0 Å². The molecule has 23 heavy (non-hydrogen) atoms. The van der Waals surface area contributed by atoms with E-state index in [0.717, 1.165) is 30.0 Å². The third kappa shape index (κ3) is 4.34. The molecule has 0 spiro atoms. The van der Waals surface area contributed by atoms with E-state index in [2.05, 4.69) is 29.6 Å². The lowest BCUT2D eigenvalue weighted by Gasteiger charge is -2.17. The van der Waals surface area contributed by atoms with Crippen LogP contribution in [0.4, 0.5) is 0 Å². The summed E-state index contributed by atoms with van der Waals surface area (Å²) in [4.78, 5) is 0. The summed E-state index contributed by atoms with van der Waals surface area (Å²) >= 11 is 0. The van der Waals surface area contributed by atoms with Gasteiger partial charge in [-0.15, -0.1) is 0 Å². The van der Waals surface area contributed by atoms with E-state index in [4.69, 9.17) is 4.74 Å². The van der Waals surface area contributed by atoms with Gasteiger partial charge in [0.2, 0.25) is 0 Å². The van der Waals surface area contributed by atoms with Gasteiger partial charge in [0.15, 0.2) is 0 Å². The first kappa shape index (κ1) is 16.0. The fraction of sp³-hybridized carbons (Fsp3) is 0.400. The first-order chi connectivity index (χ1) is 11.4. The molecule has 3 heteroatoms. The second kappa shape index (κ2) is 8.14. The zero-order valence-corrected chi connectivity index (χ0v) is 13.5. The lowest BCUT2D eigenvalue weighted by Crippen LogP contribution is -2.17. The average Bonchev–Trinajstić information content (AvgIpc) is 3.10. The molecule has 1 fully saturated rings. The van der Waals surface area contributed by atoms with E-state index in [-0.39, 0.29) is 6.61 Å². The van der Waals surface area contributed by atoms with Crippen molar-refractivity contribution in [3.8, 4) is 5.75 Å². The van der Waals surface area contributed by atoms with Gasteiger partial charge in [-0.25, -0.2) is 0 Å². The minimum absolute atomic E-state index is 0.0826. The van der Waals surface area contributed by atoms with Gasteiger partial charge in [-0.2, -0.15) is 0 Å². The number of para-hydroxylation sites is 1. The molecular formula is C20H25NO2. The Labute approximate surface area is 138 Å². The minimum atomic E-state index is 0.0826. The zero-order chi connectivity index (χ0) is 15.9. The van der Waals surface area contributed by atoms with Crippen molar-refractivity contribution in [1.29, 1.82) is 0 Å². The highest BCUT2D eigenvalue weighted by atomic mass is 16.5. The van der Waals surface area contributed by atoms with Crippen molar-refractivity contribution in [1.82, 2.24) is 5.32 Å². The number of benzene rings is 2. The highest BCUT2D eigenvalue weighted by Crippen LogP contribution is 2.26. The maximum Gasteiger partial charge on any atom is 0.124 e. The molecule has 122 valence electrons. The second-order valence-electron chi connectivity index (χ2n) is 6.16. The molecule has 2 aromatic carbocycles. The standard InChI is InChI=1S/C20H25NO2/c22-15-18-9-2-1-7-16(18)13-21-14-17-8-3-6-12-20(17)23-19-10-4-5-11-19/h1-3,6-9,12,19,21-22H,4-5,10-11,13-15H2. The topological polar surface area (TPSA) is 41.5 Å². The lowest BCUT2D eigenvalue weighted by atomic mass is 10.1. The fourth-order valence-electron chi connectivity index (χ4n) is 3.17. The third-order valence-corrected chi connectivity index (χ3v) is 4.49. The van der Waals surface area contributed by atoms with E-state index in [1.807, 2.05) is 24.3 Å². The summed E-state index contributed by atoms with van der Waals surface area (Å²) in [6.45, 7) is 1.59. The Morgan fingerprint density at radius 3 is 2.22 bits per heavy atom. The summed E-state index contributed by atoms with van der Waals surface area (Å²) in [5.74, 6) is 1.00. The Morgan fingerprint density at radius 1 is 0.870 bits per heavy atom. The van der Waals surface area contributed by atoms with Crippen LogP contribution in [0.2, 0.25) is 0 Å². The van der Waals surface area contributed by atoms with Crippen LogP contribution in [0, 0.1) is 0 Å². The van der Waals surface area contributed by atoms with Crippen molar-refractivity contribution in [2.75, 3.05) is 0 Å². The van der Waals surface area contributed by atoms with Gasteiger partial charge in [0.25, 0.3) is 0 Å². The number of ether oxygens (including phenoxy) is 1. The fourth-order valence-corrected chi connectivity index (χ4v) is 3.17. The maximum atomic E-state index is 9.39. The van der Waals surface area contributed by atoms with Crippen molar-refractivity contribution in [3.63, 3.8) is 0 Å². The van der Waals surface area contributed by atoms with Gasteiger partial charge in [0.05, 0.1) is 12.7 Å². The first-order valence-corrected chi connectivity index (χ1v) is 8.50. The molecule has 0 saturated heterocycles. The van der Waals surface area contributed by atoms with Crippen LogP contribution >= 0.6 is 0 Å². The van der Waals surface area contributed by atoms with Crippen LogP contribution < -0.4 is 10.1 Å². The normalized spacial score (nSPS) is 15.0. The van der Waals surface area contributed by atoms with Crippen molar-refractivity contribution in [2.24, 2.45) is 0 Å². The van der Waals surface area contributed by atoms with Gasteiger partial charge in [0, 0.05) is 18.7 Å². The Balaban J connectivity index is 1.59. The summed E-state index contributed by atoms with van der Waals surface area (Å²) < 4.78 is 6.17. The van der Waals surface area contributed by atoms with Crippen LogP contribution in [0.5, 0.6) is 5.75 Å². The monoisotopic (exact) mass is 311 g/mol. The second-order valence-corrected chi connectivity index (χ2v) is 6.16. The Morgan fingerprint density at radius 2 is 1.48 bits per heavy atom. The molecule has 3 nitrogen and oxygen atoms in total. The summed E-state index contributed by atoms with van der Waals surface area (Å²) in [5.41, 5.74) is 3.32. The van der Waals surface area contributed by atoms with Crippen molar-refractivity contribution >= 4 is 0 Å². The molecule has 0 amide bonds. The molecule has 0 aliphatic heterocycles. The average molecular weight is 311 g/mol. The van der Waals surface area contributed by atoms with Crippen LogP contribution in [0.15, 0.2) is 48.5 Å². The summed E-state index contributed by atoms with van der Waals surface area (Å²) in [6.07, 6.45) is 5.29. The Kier molecular flexibility index (Phi) is 5.67. The summed E-state index contributed by atoms with van der Waals surface area (Å²) in [6, 6.07) is 16.3. The molecule has 0 aromatic heterocycles. The van der Waals surface area contributed by atoms with E-state index < -0.39 is 0 Å². The van der Waals surface area contributed by atoms with Crippen molar-refractivity contribution in [3.05, 3.63) is 65.2 Å². The molecule has 0 radical (unpaired) electrons. The first-order valence-electron chi connectivity index (χ1n) is 8.50. The molecule has 2 N–H and O–H groups in total.